The molecule has 0 saturated heterocycles. The molecule has 0 aromatic heterocycles. The van der Waals surface area contributed by atoms with Gasteiger partial charge in [0.25, 0.3) is 0 Å². The van der Waals surface area contributed by atoms with Crippen molar-refractivity contribution in [1.82, 2.24) is 0 Å². The van der Waals surface area contributed by atoms with Crippen LogP contribution in [0.25, 0.3) is 6.08 Å². The average molecular weight is 202 g/mol. The van der Waals surface area contributed by atoms with Crippen molar-refractivity contribution in [2.75, 3.05) is 0 Å². The molecule has 1 aromatic rings. The molecule has 0 atom stereocenters. The fourth-order valence-electron chi connectivity index (χ4n) is 0.950. The maximum Gasteiger partial charge on any atom is 1.00 e. The van der Waals surface area contributed by atoms with Gasteiger partial charge in [0.2, 0.25) is 0 Å². The summed E-state index contributed by atoms with van der Waals surface area (Å²) >= 11 is 0. The second kappa shape index (κ2) is 5.86. The van der Waals surface area contributed by atoms with Crippen molar-refractivity contribution in [2.45, 2.75) is 6.92 Å². The van der Waals surface area contributed by atoms with Crippen LogP contribution in [0.4, 0.5) is 0 Å². The van der Waals surface area contributed by atoms with Crippen LogP contribution in [0.1, 0.15) is 12.6 Å². The predicted octanol–water partition coefficient (Wildman–Crippen LogP) is -1.09. The Bertz CT molecular complexity index is 364. The Morgan fingerprint density at radius 1 is 1.50 bits per heavy atom. The van der Waals surface area contributed by atoms with Gasteiger partial charge in [-0.05, 0) is 36.3 Å². The molecule has 70 valence electrons. The molecule has 0 bridgehead atoms. The minimum atomic E-state index is -0.981. The number of phenols is 1. The quantitative estimate of drug-likeness (QED) is 0.473. The molecule has 4 heteroatoms. The normalized spacial score (nSPS) is 9.79. The van der Waals surface area contributed by atoms with E-state index in [9.17, 15) is 9.90 Å². The number of aromatic hydroxyl groups is 1. The van der Waals surface area contributed by atoms with E-state index in [1.165, 1.54) is 12.1 Å². The van der Waals surface area contributed by atoms with Gasteiger partial charge >= 0.3 is 35.5 Å². The summed E-state index contributed by atoms with van der Waals surface area (Å²) in [6.07, 6.45) is 2.54. The zero-order valence-electron chi connectivity index (χ0n) is 9.19. The van der Waals surface area contributed by atoms with Crippen molar-refractivity contribution < 1.29 is 46.0 Å². The van der Waals surface area contributed by atoms with Gasteiger partial charge in [0.15, 0.2) is 0 Å². The van der Waals surface area contributed by atoms with E-state index in [1.807, 2.05) is 0 Å². The number of aryl methyl sites for hydroxylation is 1. The van der Waals surface area contributed by atoms with Crippen LogP contribution in [0.5, 0.6) is 5.75 Å². The van der Waals surface area contributed by atoms with E-state index >= 15 is 0 Å². The number of carbonyl (C=O) groups is 1. The smallest absolute Gasteiger partial charge is 1.00 e. The standard InChI is InChI=1S/C10H10O3.Na.H/c1-7-6-8(2-4-9(7)11)3-5-10(12)13;;/h2-6,11H,1H3,(H,12,13);;/q;+1;-1. The van der Waals surface area contributed by atoms with Crippen LogP contribution in [-0.2, 0) is 4.79 Å². The number of carboxylic acid groups (broad SMARTS) is 1. The fourth-order valence-corrected chi connectivity index (χ4v) is 0.950. The Morgan fingerprint density at radius 3 is 2.64 bits per heavy atom. The Balaban J connectivity index is 0. The third-order valence-corrected chi connectivity index (χ3v) is 1.64. The van der Waals surface area contributed by atoms with Gasteiger partial charge in [0, 0.05) is 6.08 Å². The summed E-state index contributed by atoms with van der Waals surface area (Å²) in [5.41, 5.74) is 1.49. The van der Waals surface area contributed by atoms with Crippen LogP contribution in [0.3, 0.4) is 0 Å². The molecule has 0 radical (unpaired) electrons. The van der Waals surface area contributed by atoms with Crippen LogP contribution < -0.4 is 29.6 Å². The molecule has 2 N–H and O–H groups in total. The fraction of sp³-hybridized carbons (Fsp3) is 0.100. The van der Waals surface area contributed by atoms with E-state index in [4.69, 9.17) is 5.11 Å². The molecule has 0 fully saturated rings. The minimum absolute atomic E-state index is 0. The molecular formula is C10H11NaO3. The van der Waals surface area contributed by atoms with Crippen molar-refractivity contribution >= 4 is 12.0 Å². The average Bonchev–Trinajstić information content (AvgIpc) is 2.07. The first-order valence-electron chi connectivity index (χ1n) is 3.80. The Morgan fingerprint density at radius 2 is 2.14 bits per heavy atom. The van der Waals surface area contributed by atoms with Gasteiger partial charge < -0.3 is 11.6 Å². The number of phenolic OH excluding ortho intramolecular Hbond substituents is 1. The molecule has 14 heavy (non-hydrogen) atoms. The SMILES string of the molecule is Cc1cc(C=CC(=O)O)ccc1O.[H-].[Na+]. The molecule has 0 saturated carbocycles. The first-order valence-corrected chi connectivity index (χ1v) is 3.80. The molecule has 1 aromatic carbocycles. The maximum absolute atomic E-state index is 10.2. The molecular weight excluding hydrogens is 191 g/mol. The monoisotopic (exact) mass is 202 g/mol. The van der Waals surface area contributed by atoms with Crippen LogP contribution in [-0.4, -0.2) is 16.2 Å². The Labute approximate surface area is 106 Å². The van der Waals surface area contributed by atoms with Crippen LogP contribution in [0, 0.1) is 6.92 Å². The van der Waals surface area contributed by atoms with E-state index in [0.717, 1.165) is 17.2 Å². The van der Waals surface area contributed by atoms with E-state index < -0.39 is 5.97 Å². The van der Waals surface area contributed by atoms with Crippen molar-refractivity contribution in [2.24, 2.45) is 0 Å². The molecule has 0 aliphatic carbocycles. The van der Waals surface area contributed by atoms with E-state index in [1.54, 1.807) is 19.1 Å². The maximum atomic E-state index is 10.2. The molecule has 0 aliphatic heterocycles. The Hall–Kier alpha value is -0.770. The van der Waals surface area contributed by atoms with E-state index in [0.29, 0.717) is 0 Å². The first kappa shape index (κ1) is 13.2. The summed E-state index contributed by atoms with van der Waals surface area (Å²) in [5.74, 6) is -0.766. The van der Waals surface area contributed by atoms with Gasteiger partial charge in [-0.25, -0.2) is 4.79 Å². The van der Waals surface area contributed by atoms with Crippen LogP contribution in [0.2, 0.25) is 0 Å². The molecule has 0 aliphatic rings. The number of rotatable bonds is 2. The van der Waals surface area contributed by atoms with E-state index in [2.05, 4.69) is 0 Å². The third-order valence-electron chi connectivity index (χ3n) is 1.64. The molecule has 1 rings (SSSR count). The molecule has 0 heterocycles. The number of aliphatic carboxylic acids is 1. The van der Waals surface area contributed by atoms with Gasteiger partial charge in [-0.1, -0.05) is 6.07 Å². The van der Waals surface area contributed by atoms with Gasteiger partial charge in [-0.2, -0.15) is 0 Å². The topological polar surface area (TPSA) is 57.5 Å². The van der Waals surface area contributed by atoms with Gasteiger partial charge in [-0.15, -0.1) is 0 Å². The minimum Gasteiger partial charge on any atom is -1.00 e. The third kappa shape index (κ3) is 3.96. The van der Waals surface area contributed by atoms with E-state index in [-0.39, 0.29) is 36.7 Å². The van der Waals surface area contributed by atoms with Gasteiger partial charge in [-0.3, -0.25) is 0 Å². The first-order chi connectivity index (χ1) is 6.09. The summed E-state index contributed by atoms with van der Waals surface area (Å²) < 4.78 is 0. The van der Waals surface area contributed by atoms with Crippen molar-refractivity contribution in [3.05, 3.63) is 35.4 Å². The zero-order valence-corrected chi connectivity index (χ0v) is 10.2. The van der Waals surface area contributed by atoms with Crippen molar-refractivity contribution in [3.63, 3.8) is 0 Å². The molecule has 0 unspecified atom stereocenters. The van der Waals surface area contributed by atoms with Gasteiger partial charge in [0.05, 0.1) is 0 Å². The largest absolute Gasteiger partial charge is 1.00 e. The van der Waals surface area contributed by atoms with Crippen LogP contribution in [0.15, 0.2) is 24.3 Å². The predicted molar refractivity (Wildman–Crippen MR) is 50.6 cm³/mol. The van der Waals surface area contributed by atoms with Gasteiger partial charge in [0.1, 0.15) is 5.75 Å². The van der Waals surface area contributed by atoms with Crippen LogP contribution >= 0.6 is 0 Å². The molecule has 3 nitrogen and oxygen atoms in total. The summed E-state index contributed by atoms with van der Waals surface area (Å²) in [5, 5.41) is 17.5. The second-order valence-corrected chi connectivity index (χ2v) is 2.72. The number of benzene rings is 1. The molecule has 0 spiro atoms. The van der Waals surface area contributed by atoms with Crippen molar-refractivity contribution in [1.29, 1.82) is 0 Å². The summed E-state index contributed by atoms with van der Waals surface area (Å²) in [6.45, 7) is 1.76. The number of hydrogen-bond acceptors (Lipinski definition) is 2. The summed E-state index contributed by atoms with van der Waals surface area (Å²) in [7, 11) is 0. The zero-order chi connectivity index (χ0) is 9.84. The second-order valence-electron chi connectivity index (χ2n) is 2.72. The Kier molecular flexibility index (Phi) is 5.53. The molecule has 0 amide bonds. The summed E-state index contributed by atoms with van der Waals surface area (Å²) in [4.78, 5) is 10.2. The number of hydrogen-bond donors (Lipinski definition) is 2. The number of carboxylic acids is 1. The summed E-state index contributed by atoms with van der Waals surface area (Å²) in [6, 6.07) is 4.91. The van der Waals surface area contributed by atoms with Crippen molar-refractivity contribution in [3.8, 4) is 5.75 Å².